The third kappa shape index (κ3) is 4.76. The maximum atomic E-state index is 12.9. The van der Waals surface area contributed by atoms with Crippen LogP contribution in [0, 0.1) is 0 Å². The number of nitrogens with zero attached hydrogens (tertiary/aromatic N) is 2. The van der Waals surface area contributed by atoms with Crippen molar-refractivity contribution in [3.05, 3.63) is 90.1 Å². The van der Waals surface area contributed by atoms with E-state index in [0.29, 0.717) is 36.4 Å². The van der Waals surface area contributed by atoms with Crippen LogP contribution in [-0.4, -0.2) is 42.3 Å². The lowest BCUT2D eigenvalue weighted by atomic mass is 10.0. The summed E-state index contributed by atoms with van der Waals surface area (Å²) in [5.74, 6) is -0.976. The minimum atomic E-state index is -0.603. The minimum Gasteiger partial charge on any atom is -0.464 e. The van der Waals surface area contributed by atoms with Gasteiger partial charge in [-0.3, -0.25) is 4.79 Å². The molecule has 188 valence electrons. The Balaban J connectivity index is 1.56. The van der Waals surface area contributed by atoms with Crippen LogP contribution in [-0.2, 0) is 22.6 Å². The van der Waals surface area contributed by atoms with Gasteiger partial charge in [-0.15, -0.1) is 0 Å². The monoisotopic (exact) mass is 498 g/mol. The summed E-state index contributed by atoms with van der Waals surface area (Å²) in [6.45, 7) is 1.24. The summed E-state index contributed by atoms with van der Waals surface area (Å²) < 4.78 is 17.2. The number of hydrogen-bond acceptors (Lipinski definition) is 7. The molecule has 0 atom stereocenters. The average Bonchev–Trinajstić information content (AvgIpc) is 3.57. The number of methoxy groups -OCH3 is 2. The van der Waals surface area contributed by atoms with Gasteiger partial charge in [0.25, 0.3) is 5.91 Å². The Labute approximate surface area is 213 Å². The van der Waals surface area contributed by atoms with Crippen molar-refractivity contribution in [2.75, 3.05) is 31.5 Å². The predicted molar refractivity (Wildman–Crippen MR) is 141 cm³/mol. The van der Waals surface area contributed by atoms with Crippen LogP contribution in [0.2, 0.25) is 0 Å². The third-order valence-electron chi connectivity index (χ3n) is 6.14. The molecule has 0 saturated carbocycles. The fraction of sp³-hybridized carbons (Fsp3) is 0.179. The Morgan fingerprint density at radius 2 is 1.86 bits per heavy atom. The lowest BCUT2D eigenvalue weighted by Gasteiger charge is -2.10. The van der Waals surface area contributed by atoms with Crippen molar-refractivity contribution in [3.8, 4) is 0 Å². The van der Waals surface area contributed by atoms with Gasteiger partial charge in [0.2, 0.25) is 0 Å². The van der Waals surface area contributed by atoms with Gasteiger partial charge in [-0.1, -0.05) is 42.5 Å². The first-order valence-corrected chi connectivity index (χ1v) is 11.8. The zero-order valence-electron chi connectivity index (χ0n) is 20.5. The van der Waals surface area contributed by atoms with Gasteiger partial charge >= 0.3 is 5.97 Å². The number of ether oxygens (including phenoxy) is 2. The number of pyridine rings is 1. The summed E-state index contributed by atoms with van der Waals surface area (Å²) in [7, 11) is 2.87. The summed E-state index contributed by atoms with van der Waals surface area (Å²) >= 11 is 0. The van der Waals surface area contributed by atoms with Crippen molar-refractivity contribution in [3.63, 3.8) is 0 Å². The molecule has 0 aliphatic rings. The van der Waals surface area contributed by atoms with E-state index in [1.165, 1.54) is 13.4 Å². The molecule has 5 rings (SSSR count). The number of aromatic nitrogens is 2. The molecule has 2 aromatic carbocycles. The predicted octanol–water partition coefficient (Wildman–Crippen LogP) is 5.08. The van der Waals surface area contributed by atoms with E-state index >= 15 is 0 Å². The highest BCUT2D eigenvalue weighted by Gasteiger charge is 2.27. The Morgan fingerprint density at radius 3 is 2.65 bits per heavy atom. The lowest BCUT2D eigenvalue weighted by Crippen LogP contribution is -2.18. The van der Waals surface area contributed by atoms with Crippen LogP contribution in [0.15, 0.2) is 77.5 Å². The van der Waals surface area contributed by atoms with Gasteiger partial charge < -0.3 is 29.1 Å². The van der Waals surface area contributed by atoms with Crippen LogP contribution >= 0.6 is 0 Å². The van der Waals surface area contributed by atoms with Crippen LogP contribution in [0.25, 0.3) is 21.8 Å². The Bertz CT molecular complexity index is 1570. The van der Waals surface area contributed by atoms with Gasteiger partial charge in [0.1, 0.15) is 5.65 Å². The highest BCUT2D eigenvalue weighted by Crippen LogP contribution is 2.33. The summed E-state index contributed by atoms with van der Waals surface area (Å²) in [5.41, 5.74) is 2.85. The standard InChI is InChI=1S/C28H26N4O5/c1-35-14-12-32-25(28(34)36-2)24(31-27(33)23-11-6-13-37-23)22-15-20(17-30-26(22)32)29-16-19-9-5-8-18-7-3-4-10-21(18)19/h3-11,13,15,17,29H,12,14,16H2,1-2H3,(H,31,33). The SMILES string of the molecule is COCCn1c(C(=O)OC)c(NC(=O)c2ccco2)c2cc(NCc3cccc4ccccc34)cnc21. The van der Waals surface area contributed by atoms with Crippen molar-refractivity contribution < 1.29 is 23.5 Å². The van der Waals surface area contributed by atoms with Gasteiger partial charge in [0.15, 0.2) is 11.5 Å². The molecule has 5 aromatic rings. The summed E-state index contributed by atoms with van der Waals surface area (Å²) in [4.78, 5) is 30.4. The molecule has 0 unspecified atom stereocenters. The normalized spacial score (nSPS) is 11.1. The number of carbonyl (C=O) groups is 2. The van der Waals surface area contributed by atoms with Crippen molar-refractivity contribution in [2.45, 2.75) is 13.1 Å². The molecule has 0 fully saturated rings. The molecule has 0 radical (unpaired) electrons. The minimum absolute atomic E-state index is 0.117. The molecule has 0 saturated heterocycles. The van der Waals surface area contributed by atoms with E-state index in [1.54, 1.807) is 30.0 Å². The number of benzene rings is 2. The fourth-order valence-electron chi connectivity index (χ4n) is 4.38. The smallest absolute Gasteiger partial charge is 0.356 e. The van der Waals surface area contributed by atoms with Gasteiger partial charge in [-0.05, 0) is 34.5 Å². The Morgan fingerprint density at radius 1 is 1.03 bits per heavy atom. The zero-order valence-corrected chi connectivity index (χ0v) is 20.5. The highest BCUT2D eigenvalue weighted by molar-refractivity contribution is 6.14. The molecule has 0 spiro atoms. The van der Waals surface area contributed by atoms with Gasteiger partial charge in [0, 0.05) is 25.6 Å². The molecular weight excluding hydrogens is 472 g/mol. The second kappa shape index (κ2) is 10.5. The van der Waals surface area contributed by atoms with Crippen LogP contribution in [0.4, 0.5) is 11.4 Å². The van der Waals surface area contributed by atoms with E-state index in [0.717, 1.165) is 22.0 Å². The molecule has 0 aliphatic carbocycles. The van der Waals surface area contributed by atoms with Crippen LogP contribution in [0.5, 0.6) is 0 Å². The quantitative estimate of drug-likeness (QED) is 0.273. The Hall–Kier alpha value is -4.63. The van der Waals surface area contributed by atoms with Crippen LogP contribution in [0.1, 0.15) is 26.6 Å². The lowest BCUT2D eigenvalue weighted by molar-refractivity contribution is 0.0588. The number of carbonyl (C=O) groups excluding carboxylic acids is 2. The summed E-state index contributed by atoms with van der Waals surface area (Å²) in [6.07, 6.45) is 3.12. The van der Waals surface area contributed by atoms with Gasteiger partial charge in [-0.25, -0.2) is 9.78 Å². The summed E-state index contributed by atoms with van der Waals surface area (Å²) in [6, 6.07) is 19.4. The topological polar surface area (TPSA) is 108 Å². The second-order valence-corrected chi connectivity index (χ2v) is 8.38. The van der Waals surface area contributed by atoms with Crippen LogP contribution in [0.3, 0.4) is 0 Å². The maximum absolute atomic E-state index is 12.9. The first kappa shape index (κ1) is 24.1. The molecule has 9 heteroatoms. The first-order valence-electron chi connectivity index (χ1n) is 11.8. The van der Waals surface area contributed by atoms with E-state index in [-0.39, 0.29) is 11.5 Å². The molecule has 0 aliphatic heterocycles. The number of furan rings is 1. The molecular formula is C28H26N4O5. The average molecular weight is 499 g/mol. The zero-order chi connectivity index (χ0) is 25.8. The molecule has 3 heterocycles. The molecule has 2 N–H and O–H groups in total. The molecule has 37 heavy (non-hydrogen) atoms. The molecule has 3 aromatic heterocycles. The van der Waals surface area contributed by atoms with Crippen molar-refractivity contribution in [2.24, 2.45) is 0 Å². The van der Waals surface area contributed by atoms with E-state index in [2.05, 4.69) is 39.9 Å². The van der Waals surface area contributed by atoms with E-state index in [1.807, 2.05) is 24.3 Å². The highest BCUT2D eigenvalue weighted by atomic mass is 16.5. The number of amides is 1. The Kier molecular flexibility index (Phi) is 6.87. The van der Waals surface area contributed by atoms with E-state index in [9.17, 15) is 9.59 Å². The first-order chi connectivity index (χ1) is 18.1. The maximum Gasteiger partial charge on any atom is 0.356 e. The van der Waals surface area contributed by atoms with Crippen molar-refractivity contribution >= 4 is 45.1 Å². The van der Waals surface area contributed by atoms with Gasteiger partial charge in [0.05, 0.1) is 37.6 Å². The number of esters is 1. The second-order valence-electron chi connectivity index (χ2n) is 8.38. The molecule has 1 amide bonds. The number of nitrogens with one attached hydrogen (secondary N) is 2. The van der Waals surface area contributed by atoms with E-state index in [4.69, 9.17) is 13.9 Å². The number of anilines is 2. The number of fused-ring (bicyclic) bond motifs is 2. The third-order valence-corrected chi connectivity index (χ3v) is 6.14. The number of hydrogen-bond donors (Lipinski definition) is 2. The molecule has 0 bridgehead atoms. The summed E-state index contributed by atoms with van der Waals surface area (Å²) in [5, 5.41) is 9.16. The van der Waals surface area contributed by atoms with Crippen molar-refractivity contribution in [1.82, 2.24) is 9.55 Å². The van der Waals surface area contributed by atoms with Crippen LogP contribution < -0.4 is 10.6 Å². The van der Waals surface area contributed by atoms with Crippen molar-refractivity contribution in [1.29, 1.82) is 0 Å². The molecule has 9 nitrogen and oxygen atoms in total. The van der Waals surface area contributed by atoms with E-state index < -0.39 is 11.9 Å². The van der Waals surface area contributed by atoms with Gasteiger partial charge in [-0.2, -0.15) is 0 Å². The largest absolute Gasteiger partial charge is 0.464 e. The fourth-order valence-corrected chi connectivity index (χ4v) is 4.38. The number of rotatable bonds is 9.